The van der Waals surface area contributed by atoms with E-state index in [1.54, 1.807) is 7.11 Å². The van der Waals surface area contributed by atoms with E-state index in [0.29, 0.717) is 36.4 Å². The molecule has 4 saturated carbocycles. The second kappa shape index (κ2) is 12.6. The number of fused-ring (bicyclic) bond motifs is 5. The van der Waals surface area contributed by atoms with Crippen LogP contribution in [0.15, 0.2) is 5.16 Å². The molecule has 0 N–H and O–H groups in total. The first-order valence-corrected chi connectivity index (χ1v) is 31.4. The highest BCUT2D eigenvalue weighted by molar-refractivity contribution is 6.71. The molecule has 0 amide bonds. The summed E-state index contributed by atoms with van der Waals surface area (Å²) in [6.07, 6.45) is 9.66. The number of hydrogen-bond donors (Lipinski definition) is 0. The van der Waals surface area contributed by atoms with E-state index in [1.807, 2.05) is 0 Å². The van der Waals surface area contributed by atoms with Crippen LogP contribution < -0.4 is 0 Å². The van der Waals surface area contributed by atoms with E-state index in [9.17, 15) is 0 Å². The smallest absolute Gasteiger partial charge is 0.184 e. The summed E-state index contributed by atoms with van der Waals surface area (Å²) in [4.78, 5) is 5.73. The monoisotopic (exact) mass is 683 g/mol. The van der Waals surface area contributed by atoms with E-state index >= 15 is 0 Å². The van der Waals surface area contributed by atoms with E-state index in [2.05, 4.69) is 92.4 Å². The maximum atomic E-state index is 7.59. The van der Waals surface area contributed by atoms with Gasteiger partial charge in [0.05, 0.1) is 24.0 Å². The molecular formula is C34H69NO5Si4. The van der Waals surface area contributed by atoms with Gasteiger partial charge in [-0.25, -0.2) is 0 Å². The predicted octanol–water partition coefficient (Wildman–Crippen LogP) is 9.52. The lowest BCUT2D eigenvalue weighted by atomic mass is 9.43. The molecule has 10 heteroatoms. The molecule has 4 unspecified atom stereocenters. The maximum absolute atomic E-state index is 7.59. The average Bonchev–Trinajstić information content (AvgIpc) is 3.11. The normalized spacial score (nSPS) is 39.9. The van der Waals surface area contributed by atoms with E-state index < -0.39 is 38.9 Å². The van der Waals surface area contributed by atoms with Crippen LogP contribution in [0, 0.1) is 34.5 Å². The lowest BCUT2D eigenvalue weighted by Crippen LogP contribution is -2.67. The van der Waals surface area contributed by atoms with Crippen molar-refractivity contribution >= 4 is 39.0 Å². The van der Waals surface area contributed by atoms with Crippen molar-refractivity contribution in [3.8, 4) is 0 Å². The molecule has 4 fully saturated rings. The van der Waals surface area contributed by atoms with Crippen molar-refractivity contribution in [3.05, 3.63) is 0 Å². The summed E-state index contributed by atoms with van der Waals surface area (Å²) in [5, 5.41) is 4.96. The first kappa shape index (κ1) is 37.0. The third-order valence-corrected chi connectivity index (χ3v) is 15.5. The van der Waals surface area contributed by atoms with E-state index in [1.165, 1.54) is 44.2 Å². The van der Waals surface area contributed by atoms with Gasteiger partial charge in [-0.2, -0.15) is 0 Å². The van der Waals surface area contributed by atoms with Gasteiger partial charge in [0.2, 0.25) is 0 Å². The van der Waals surface area contributed by atoms with Gasteiger partial charge in [0.25, 0.3) is 0 Å². The highest BCUT2D eigenvalue weighted by Crippen LogP contribution is 2.69. The molecule has 9 atom stereocenters. The zero-order chi connectivity index (χ0) is 33.1. The first-order valence-electron chi connectivity index (χ1n) is 17.7. The Hall–Kier alpha value is 0.178. The molecule has 4 aliphatic carbocycles. The molecule has 4 rings (SSSR count). The predicted molar refractivity (Wildman–Crippen MR) is 194 cm³/mol. The molecule has 0 spiro atoms. The Morgan fingerprint density at radius 3 is 2.00 bits per heavy atom. The van der Waals surface area contributed by atoms with Crippen molar-refractivity contribution in [2.45, 2.75) is 162 Å². The molecule has 44 heavy (non-hydrogen) atoms. The molecule has 0 bridgehead atoms. The van der Waals surface area contributed by atoms with Gasteiger partial charge in [0.15, 0.2) is 33.3 Å². The molecule has 0 aromatic heterocycles. The van der Waals surface area contributed by atoms with Crippen LogP contribution >= 0.6 is 0 Å². The Bertz CT molecular complexity index is 1050. The Morgan fingerprint density at radius 2 is 1.45 bits per heavy atom. The summed E-state index contributed by atoms with van der Waals surface area (Å²) < 4.78 is 28.3. The number of hydrogen-bond acceptors (Lipinski definition) is 6. The van der Waals surface area contributed by atoms with Gasteiger partial charge >= 0.3 is 0 Å². The van der Waals surface area contributed by atoms with Crippen LogP contribution in [0.1, 0.15) is 65.2 Å². The van der Waals surface area contributed by atoms with Crippen LogP contribution in [0.3, 0.4) is 0 Å². The summed E-state index contributed by atoms with van der Waals surface area (Å²) in [5.74, 6) is 2.32. The second-order valence-corrected chi connectivity index (χ2v) is 37.2. The number of nitrogens with zero attached hydrogens (tertiary/aromatic N) is 1. The van der Waals surface area contributed by atoms with Crippen LogP contribution in [-0.2, 0) is 22.5 Å². The van der Waals surface area contributed by atoms with Gasteiger partial charge in [-0.3, -0.25) is 0 Å². The van der Waals surface area contributed by atoms with Crippen LogP contribution in [0.2, 0.25) is 78.6 Å². The Morgan fingerprint density at radius 1 is 0.795 bits per heavy atom. The van der Waals surface area contributed by atoms with Crippen molar-refractivity contribution in [3.63, 3.8) is 0 Å². The van der Waals surface area contributed by atoms with Gasteiger partial charge in [0, 0.05) is 17.4 Å². The van der Waals surface area contributed by atoms with E-state index in [4.69, 9.17) is 27.7 Å². The molecule has 0 saturated heterocycles. The Kier molecular flexibility index (Phi) is 10.6. The highest BCUT2D eigenvalue weighted by atomic mass is 28.4. The maximum Gasteiger partial charge on any atom is 0.184 e. The molecular weight excluding hydrogens is 615 g/mol. The first-order chi connectivity index (χ1) is 19.9. The molecule has 0 aromatic rings. The lowest BCUT2D eigenvalue weighted by Gasteiger charge is -2.63. The van der Waals surface area contributed by atoms with Crippen LogP contribution in [0.5, 0.6) is 0 Å². The molecule has 0 aromatic carbocycles. The SMILES string of the molecule is CO/N=C1\C[C@@]2(C)C(CC[C@]2(O[Si](C)(C)C)[C@H](CO[Si](C)(C)C)O[Si](C)(C)C)C2CCC3C[C@H](O[Si](C)(C)C)CC[C@]3(C)C12. The summed E-state index contributed by atoms with van der Waals surface area (Å²) in [5.41, 5.74) is 1.03. The van der Waals surface area contributed by atoms with Crippen molar-refractivity contribution in [1.82, 2.24) is 0 Å². The molecule has 0 radical (unpaired) electrons. The van der Waals surface area contributed by atoms with Gasteiger partial charge in [-0.15, -0.1) is 0 Å². The summed E-state index contributed by atoms with van der Waals surface area (Å²) in [7, 11) is -5.48. The van der Waals surface area contributed by atoms with Crippen molar-refractivity contribution < 1.29 is 22.5 Å². The number of rotatable bonds is 11. The van der Waals surface area contributed by atoms with Crippen molar-refractivity contribution in [1.29, 1.82) is 0 Å². The fourth-order valence-corrected chi connectivity index (χ4v) is 14.8. The van der Waals surface area contributed by atoms with Crippen LogP contribution in [-0.4, -0.2) is 70.5 Å². The zero-order valence-corrected chi connectivity index (χ0v) is 35.3. The molecule has 6 nitrogen and oxygen atoms in total. The van der Waals surface area contributed by atoms with E-state index in [0.717, 1.165) is 12.8 Å². The minimum Gasteiger partial charge on any atom is -0.415 e. The van der Waals surface area contributed by atoms with Gasteiger partial charge in [-0.05, 0) is 153 Å². The van der Waals surface area contributed by atoms with Crippen molar-refractivity contribution in [2.75, 3.05) is 13.7 Å². The molecule has 256 valence electrons. The standard InChI is InChI=1S/C34H69NO5Si4/c1-32-20-18-26(38-42(7,8)9)22-25(32)16-17-27-28-19-21-34(40-44(13,14)15,33(28,2)23-29(31(27)32)35-36-3)30(39-43(10,11)12)24-37-41(4,5)6/h25-28,30-31H,16-24H2,1-15H3/b35-29+/t25?,26-,27?,28?,30+,31?,32+,33+,34+/m1/s1. The molecule has 4 aliphatic rings. The quantitative estimate of drug-likeness (QED) is 0.160. The zero-order valence-electron chi connectivity index (χ0n) is 31.3. The average molecular weight is 684 g/mol. The van der Waals surface area contributed by atoms with Crippen LogP contribution in [0.25, 0.3) is 0 Å². The summed E-state index contributed by atoms with van der Waals surface area (Å²) in [6.45, 7) is 33.7. The minimum atomic E-state index is -1.98. The van der Waals surface area contributed by atoms with Gasteiger partial charge in [0.1, 0.15) is 7.11 Å². The minimum absolute atomic E-state index is 0.0796. The Labute approximate surface area is 275 Å². The summed E-state index contributed by atoms with van der Waals surface area (Å²) in [6, 6.07) is 0. The Balaban J connectivity index is 1.77. The fourth-order valence-electron chi connectivity index (χ4n) is 10.2. The van der Waals surface area contributed by atoms with Gasteiger partial charge in [-0.1, -0.05) is 19.0 Å². The second-order valence-electron chi connectivity index (χ2n) is 19.3. The van der Waals surface area contributed by atoms with Crippen LogP contribution in [0.4, 0.5) is 0 Å². The highest BCUT2D eigenvalue weighted by Gasteiger charge is 2.70. The third-order valence-electron chi connectivity index (χ3n) is 11.4. The molecule has 0 aliphatic heterocycles. The fraction of sp³-hybridized carbons (Fsp3) is 0.971. The summed E-state index contributed by atoms with van der Waals surface area (Å²) >= 11 is 0. The lowest BCUT2D eigenvalue weighted by molar-refractivity contribution is -0.158. The third kappa shape index (κ3) is 7.73. The molecule has 0 heterocycles. The van der Waals surface area contributed by atoms with Crippen molar-refractivity contribution in [2.24, 2.45) is 39.7 Å². The van der Waals surface area contributed by atoms with E-state index in [-0.39, 0.29) is 16.9 Å². The topological polar surface area (TPSA) is 58.5 Å². The number of oxime groups is 1. The largest absolute Gasteiger partial charge is 0.415 e. The van der Waals surface area contributed by atoms with Gasteiger partial charge < -0.3 is 22.5 Å².